The van der Waals surface area contributed by atoms with E-state index < -0.39 is 6.03 Å². The molecule has 0 bridgehead atoms. The van der Waals surface area contributed by atoms with Crippen molar-refractivity contribution in [2.75, 3.05) is 14.2 Å². The highest BCUT2D eigenvalue weighted by Crippen LogP contribution is 2.38. The lowest BCUT2D eigenvalue weighted by atomic mass is 9.97. The van der Waals surface area contributed by atoms with Gasteiger partial charge in [0.15, 0.2) is 11.5 Å². The average molecular weight is 490 g/mol. The monoisotopic (exact) mass is 489 g/mol. The van der Waals surface area contributed by atoms with Crippen LogP contribution in [0.2, 0.25) is 0 Å². The minimum absolute atomic E-state index is 0.159. The number of ether oxygens (including phenoxy) is 2. The molecule has 2 amide bonds. The number of amides is 2. The lowest BCUT2D eigenvalue weighted by Crippen LogP contribution is -2.43. The molecule has 9 heteroatoms. The average Bonchev–Trinajstić information content (AvgIpc) is 3.57. The zero-order chi connectivity index (χ0) is 25.7. The Labute approximate surface area is 209 Å². The van der Waals surface area contributed by atoms with Crippen LogP contribution in [0, 0.1) is 20.8 Å². The van der Waals surface area contributed by atoms with Crippen LogP contribution in [0.25, 0.3) is 11.3 Å². The molecule has 0 radical (unpaired) electrons. The van der Waals surface area contributed by atoms with Gasteiger partial charge in [0.2, 0.25) is 0 Å². The summed E-state index contributed by atoms with van der Waals surface area (Å²) in [5.41, 5.74) is 12.6. The van der Waals surface area contributed by atoms with Crippen LogP contribution >= 0.6 is 0 Å². The number of nitrogens with zero attached hydrogens (tertiary/aromatic N) is 3. The van der Waals surface area contributed by atoms with E-state index in [4.69, 9.17) is 20.2 Å². The molecular weight excluding hydrogens is 458 g/mol. The van der Waals surface area contributed by atoms with Gasteiger partial charge in [-0.05, 0) is 62.4 Å². The molecule has 1 aliphatic carbocycles. The first kappa shape index (κ1) is 23.7. The van der Waals surface area contributed by atoms with E-state index in [1.807, 2.05) is 32.0 Å². The van der Waals surface area contributed by atoms with Crippen LogP contribution in [-0.2, 0) is 13.0 Å². The van der Waals surface area contributed by atoms with E-state index >= 15 is 0 Å². The summed E-state index contributed by atoms with van der Waals surface area (Å²) in [7, 11) is 3.21. The molecule has 2 aliphatic rings. The fourth-order valence-electron chi connectivity index (χ4n) is 5.30. The van der Waals surface area contributed by atoms with Crippen molar-refractivity contribution in [1.29, 1.82) is 0 Å². The molecule has 1 aliphatic heterocycles. The summed E-state index contributed by atoms with van der Waals surface area (Å²) in [5, 5.41) is 2.74. The van der Waals surface area contributed by atoms with Crippen LogP contribution in [0.15, 0.2) is 40.1 Å². The number of nitrogens with one attached hydrogen (secondary N) is 1. The van der Waals surface area contributed by atoms with Crippen molar-refractivity contribution in [3.05, 3.63) is 68.6 Å². The highest BCUT2D eigenvalue weighted by molar-refractivity contribution is 5.72. The van der Waals surface area contributed by atoms with E-state index in [1.165, 1.54) is 0 Å². The van der Waals surface area contributed by atoms with Gasteiger partial charge in [-0.25, -0.2) is 14.6 Å². The number of aromatic nitrogens is 2. The van der Waals surface area contributed by atoms with E-state index in [-0.39, 0.29) is 17.8 Å². The maximum Gasteiger partial charge on any atom is 0.330 e. The van der Waals surface area contributed by atoms with Gasteiger partial charge in [0, 0.05) is 18.2 Å². The predicted octanol–water partition coefficient (Wildman–Crippen LogP) is 3.03. The zero-order valence-corrected chi connectivity index (χ0v) is 21.2. The molecule has 0 saturated heterocycles. The molecule has 36 heavy (non-hydrogen) atoms. The Hall–Kier alpha value is -4.01. The van der Waals surface area contributed by atoms with E-state index in [2.05, 4.69) is 24.4 Å². The SMILES string of the molecule is COc1cc2c(cc1OC)-c1cc(=Nc3c(C)cc(C)cc3C)n(C3CC3NC(N)=O)c(=O)n1CC2. The molecule has 9 nitrogen and oxygen atoms in total. The van der Waals surface area contributed by atoms with Crippen LogP contribution in [0.5, 0.6) is 11.5 Å². The molecule has 1 fully saturated rings. The molecular formula is C27H31N5O4. The minimum Gasteiger partial charge on any atom is -0.493 e. The molecule has 188 valence electrons. The van der Waals surface area contributed by atoms with Gasteiger partial charge < -0.3 is 20.5 Å². The number of hydrogen-bond donors (Lipinski definition) is 2. The number of urea groups is 1. The van der Waals surface area contributed by atoms with Crippen molar-refractivity contribution in [1.82, 2.24) is 14.5 Å². The van der Waals surface area contributed by atoms with Gasteiger partial charge in [0.25, 0.3) is 0 Å². The Balaban J connectivity index is 1.77. The number of nitrogens with two attached hydrogens (primary N) is 1. The first-order chi connectivity index (χ1) is 17.2. The van der Waals surface area contributed by atoms with Crippen molar-refractivity contribution in [2.24, 2.45) is 10.7 Å². The number of carbonyl (C=O) groups is 1. The number of methoxy groups -OCH3 is 2. The number of fused-ring (bicyclic) bond motifs is 3. The summed E-state index contributed by atoms with van der Waals surface area (Å²) in [6.07, 6.45) is 1.31. The normalized spacial score (nSPS) is 18.3. The number of carbonyl (C=O) groups excluding carboxylic acids is 1. The van der Waals surface area contributed by atoms with Gasteiger partial charge >= 0.3 is 11.7 Å². The molecule has 1 aromatic heterocycles. The molecule has 5 rings (SSSR count). The summed E-state index contributed by atoms with van der Waals surface area (Å²) in [4.78, 5) is 30.4. The van der Waals surface area contributed by atoms with Crippen LogP contribution in [0.1, 0.15) is 34.7 Å². The summed E-state index contributed by atoms with van der Waals surface area (Å²) in [6.45, 7) is 6.63. The second kappa shape index (κ2) is 8.89. The fraction of sp³-hybridized carbons (Fsp3) is 0.370. The second-order valence-electron chi connectivity index (χ2n) is 9.58. The quantitative estimate of drug-likeness (QED) is 0.574. The van der Waals surface area contributed by atoms with E-state index in [1.54, 1.807) is 23.4 Å². The molecule has 2 aromatic carbocycles. The Morgan fingerprint density at radius 1 is 1.06 bits per heavy atom. The minimum atomic E-state index is -0.597. The van der Waals surface area contributed by atoms with Gasteiger partial charge in [-0.3, -0.25) is 9.13 Å². The molecule has 2 unspecified atom stereocenters. The number of primary amides is 1. The molecule has 0 spiro atoms. The van der Waals surface area contributed by atoms with E-state index in [0.29, 0.717) is 36.4 Å². The number of hydrogen-bond acceptors (Lipinski definition) is 5. The molecule has 2 heterocycles. The van der Waals surface area contributed by atoms with Gasteiger partial charge in [-0.15, -0.1) is 0 Å². The predicted molar refractivity (Wildman–Crippen MR) is 137 cm³/mol. The van der Waals surface area contributed by atoms with Gasteiger partial charge in [0.1, 0.15) is 5.49 Å². The lowest BCUT2D eigenvalue weighted by Gasteiger charge is -2.25. The fourth-order valence-corrected chi connectivity index (χ4v) is 5.30. The third kappa shape index (κ3) is 4.04. The first-order valence-corrected chi connectivity index (χ1v) is 12.0. The van der Waals surface area contributed by atoms with Crippen molar-refractivity contribution in [3.63, 3.8) is 0 Å². The summed E-state index contributed by atoms with van der Waals surface area (Å²) in [6, 6.07) is 9.02. The Morgan fingerprint density at radius 3 is 2.36 bits per heavy atom. The van der Waals surface area contributed by atoms with Crippen molar-refractivity contribution in [2.45, 2.75) is 52.2 Å². The molecule has 3 aromatic rings. The zero-order valence-electron chi connectivity index (χ0n) is 21.2. The first-order valence-electron chi connectivity index (χ1n) is 12.0. The molecule has 1 saturated carbocycles. The summed E-state index contributed by atoms with van der Waals surface area (Å²) < 4.78 is 14.5. The van der Waals surface area contributed by atoms with Crippen LogP contribution < -0.4 is 31.7 Å². The van der Waals surface area contributed by atoms with E-state index in [0.717, 1.165) is 39.2 Å². The second-order valence-corrected chi connectivity index (χ2v) is 9.58. The van der Waals surface area contributed by atoms with E-state index in [9.17, 15) is 9.59 Å². The van der Waals surface area contributed by atoms with Gasteiger partial charge in [-0.1, -0.05) is 17.7 Å². The third-order valence-corrected chi connectivity index (χ3v) is 7.01. The van der Waals surface area contributed by atoms with Gasteiger partial charge in [0.05, 0.1) is 37.7 Å². The van der Waals surface area contributed by atoms with Crippen molar-refractivity contribution < 1.29 is 14.3 Å². The van der Waals surface area contributed by atoms with Crippen molar-refractivity contribution in [3.8, 4) is 22.8 Å². The maximum absolute atomic E-state index is 13.9. The molecule has 2 atom stereocenters. The molecule has 3 N–H and O–H groups in total. The lowest BCUT2D eigenvalue weighted by molar-refractivity contribution is 0.248. The van der Waals surface area contributed by atoms with Gasteiger partial charge in [-0.2, -0.15) is 0 Å². The Kier molecular flexibility index (Phi) is 5.86. The highest BCUT2D eigenvalue weighted by atomic mass is 16.5. The Morgan fingerprint density at radius 2 is 1.72 bits per heavy atom. The summed E-state index contributed by atoms with van der Waals surface area (Å²) in [5.74, 6) is 1.26. The standard InChI is InChI=1S/C27H31N5O4/c1-14-8-15(2)25(16(3)9-14)30-24-13-20-18-11-23(36-5)22(35-4)10-17(18)6-7-31(20)27(34)32(24)21-12-19(21)29-26(28)33/h8-11,13,19,21H,6-7,12H2,1-5H3,(H3,28,29,33). The number of benzene rings is 2. The maximum atomic E-state index is 13.9. The summed E-state index contributed by atoms with van der Waals surface area (Å²) >= 11 is 0. The Bertz CT molecular complexity index is 1490. The third-order valence-electron chi connectivity index (χ3n) is 7.01. The number of aryl methyl sites for hydroxylation is 4. The highest BCUT2D eigenvalue weighted by Gasteiger charge is 2.42. The number of rotatable bonds is 5. The van der Waals surface area contributed by atoms with Crippen LogP contribution in [0.3, 0.4) is 0 Å². The van der Waals surface area contributed by atoms with Crippen LogP contribution in [0.4, 0.5) is 10.5 Å². The van der Waals surface area contributed by atoms with Crippen LogP contribution in [-0.4, -0.2) is 35.4 Å². The van der Waals surface area contributed by atoms with Crippen molar-refractivity contribution >= 4 is 11.7 Å². The smallest absolute Gasteiger partial charge is 0.330 e. The largest absolute Gasteiger partial charge is 0.493 e. The topological polar surface area (TPSA) is 113 Å².